The van der Waals surface area contributed by atoms with Crippen LogP contribution in [0, 0.1) is 0 Å². The number of rotatable bonds is 3. The van der Waals surface area contributed by atoms with Gasteiger partial charge in [-0.1, -0.05) is 0 Å². The van der Waals surface area contributed by atoms with E-state index >= 15 is 0 Å². The molecular formula is C17H27N3O3. The van der Waals surface area contributed by atoms with Gasteiger partial charge in [-0.3, -0.25) is 5.32 Å². The highest BCUT2D eigenvalue weighted by molar-refractivity contribution is 5.83. The van der Waals surface area contributed by atoms with E-state index in [9.17, 15) is 4.79 Å². The number of pyridine rings is 1. The van der Waals surface area contributed by atoms with Gasteiger partial charge < -0.3 is 14.8 Å². The van der Waals surface area contributed by atoms with Crippen LogP contribution in [0.2, 0.25) is 0 Å². The zero-order valence-corrected chi connectivity index (χ0v) is 14.6. The van der Waals surface area contributed by atoms with Gasteiger partial charge in [-0.2, -0.15) is 0 Å². The van der Waals surface area contributed by atoms with Crippen molar-refractivity contribution in [1.29, 1.82) is 0 Å². The molecule has 1 aliphatic rings. The van der Waals surface area contributed by atoms with Crippen LogP contribution in [0.4, 0.5) is 16.3 Å². The Balaban J connectivity index is 1.88. The average Bonchev–Trinajstić information content (AvgIpc) is 2.37. The Labute approximate surface area is 138 Å². The molecule has 6 nitrogen and oxygen atoms in total. The molecule has 0 saturated carbocycles. The van der Waals surface area contributed by atoms with Gasteiger partial charge in [0.25, 0.3) is 0 Å². The van der Waals surface area contributed by atoms with Crippen LogP contribution in [0.15, 0.2) is 18.3 Å². The number of carbonyl (C=O) groups is 1. The molecule has 2 N–H and O–H groups in total. The van der Waals surface area contributed by atoms with Crippen molar-refractivity contribution in [1.82, 2.24) is 4.98 Å². The molecule has 1 atom stereocenters. The molecule has 1 fully saturated rings. The molecule has 0 bridgehead atoms. The van der Waals surface area contributed by atoms with Crippen LogP contribution < -0.4 is 10.6 Å². The molecule has 1 aliphatic heterocycles. The number of nitrogens with one attached hydrogen (secondary N) is 2. The Morgan fingerprint density at radius 1 is 1.39 bits per heavy atom. The fraction of sp³-hybridized carbons (Fsp3) is 0.647. The van der Waals surface area contributed by atoms with E-state index in [1.165, 1.54) is 0 Å². The first-order valence-electron chi connectivity index (χ1n) is 8.00. The van der Waals surface area contributed by atoms with Crippen LogP contribution in [-0.2, 0) is 9.47 Å². The van der Waals surface area contributed by atoms with Crippen LogP contribution >= 0.6 is 0 Å². The Morgan fingerprint density at radius 3 is 2.70 bits per heavy atom. The first-order chi connectivity index (χ1) is 10.6. The molecule has 1 unspecified atom stereocenters. The first kappa shape index (κ1) is 17.5. The molecule has 1 aromatic heterocycles. The summed E-state index contributed by atoms with van der Waals surface area (Å²) in [6, 6.07) is 4.03. The lowest BCUT2D eigenvalue weighted by atomic mass is 9.94. The number of hydrogen-bond acceptors (Lipinski definition) is 5. The minimum atomic E-state index is -0.526. The minimum absolute atomic E-state index is 0.0957. The molecule has 128 valence electrons. The molecule has 0 spiro atoms. The maximum Gasteiger partial charge on any atom is 0.413 e. The van der Waals surface area contributed by atoms with Gasteiger partial charge in [0.1, 0.15) is 11.4 Å². The van der Waals surface area contributed by atoms with Crippen LogP contribution in [-0.4, -0.2) is 34.9 Å². The van der Waals surface area contributed by atoms with Crippen molar-refractivity contribution >= 4 is 17.6 Å². The summed E-state index contributed by atoms with van der Waals surface area (Å²) < 4.78 is 10.9. The van der Waals surface area contributed by atoms with Crippen molar-refractivity contribution in [3.05, 3.63) is 18.3 Å². The lowest BCUT2D eigenvalue weighted by Crippen LogP contribution is -2.40. The lowest BCUT2D eigenvalue weighted by molar-refractivity contribution is -0.0553. The van der Waals surface area contributed by atoms with Crippen molar-refractivity contribution in [2.24, 2.45) is 0 Å². The summed E-state index contributed by atoms with van der Waals surface area (Å²) in [5, 5.41) is 6.09. The van der Waals surface area contributed by atoms with E-state index in [4.69, 9.17) is 9.47 Å². The van der Waals surface area contributed by atoms with Crippen molar-refractivity contribution in [3.8, 4) is 0 Å². The second kappa shape index (κ2) is 6.74. The Morgan fingerprint density at radius 2 is 2.13 bits per heavy atom. The third-order valence-corrected chi connectivity index (χ3v) is 3.46. The molecular weight excluding hydrogens is 294 g/mol. The van der Waals surface area contributed by atoms with Crippen LogP contribution in [0.25, 0.3) is 0 Å². The van der Waals surface area contributed by atoms with Crippen LogP contribution in [0.3, 0.4) is 0 Å². The van der Waals surface area contributed by atoms with Crippen molar-refractivity contribution in [2.75, 3.05) is 17.2 Å². The summed E-state index contributed by atoms with van der Waals surface area (Å²) in [6.07, 6.45) is 3.14. The predicted molar refractivity (Wildman–Crippen MR) is 90.8 cm³/mol. The number of ether oxygens (including phenoxy) is 2. The Kier molecular flexibility index (Phi) is 5.14. The highest BCUT2D eigenvalue weighted by atomic mass is 16.6. The van der Waals surface area contributed by atoms with Gasteiger partial charge in [0.2, 0.25) is 0 Å². The van der Waals surface area contributed by atoms with Crippen molar-refractivity contribution < 1.29 is 14.3 Å². The highest BCUT2D eigenvalue weighted by Gasteiger charge is 2.28. The summed E-state index contributed by atoms with van der Waals surface area (Å²) in [5.41, 5.74) is 0.311. The van der Waals surface area contributed by atoms with Gasteiger partial charge in [0, 0.05) is 12.6 Å². The molecule has 0 radical (unpaired) electrons. The monoisotopic (exact) mass is 321 g/mol. The third-order valence-electron chi connectivity index (χ3n) is 3.46. The van der Waals surface area contributed by atoms with Gasteiger partial charge in [-0.15, -0.1) is 0 Å². The molecule has 2 heterocycles. The number of amides is 1. The minimum Gasteiger partial charge on any atom is -0.444 e. The summed E-state index contributed by atoms with van der Waals surface area (Å²) in [5.74, 6) is 0.470. The van der Waals surface area contributed by atoms with Crippen LogP contribution in [0.5, 0.6) is 0 Å². The lowest BCUT2D eigenvalue weighted by Gasteiger charge is -2.36. The molecule has 6 heteroatoms. The predicted octanol–water partition coefficient (Wildman–Crippen LogP) is 3.80. The maximum atomic E-state index is 11.7. The van der Waals surface area contributed by atoms with E-state index in [2.05, 4.69) is 29.5 Å². The number of anilines is 2. The van der Waals surface area contributed by atoms with Gasteiger partial charge in [-0.25, -0.2) is 9.78 Å². The summed E-state index contributed by atoms with van der Waals surface area (Å²) in [6.45, 7) is 10.4. The fourth-order valence-electron chi connectivity index (χ4n) is 2.55. The Hall–Kier alpha value is -1.82. The van der Waals surface area contributed by atoms with Crippen LogP contribution in [0.1, 0.15) is 47.5 Å². The molecule has 23 heavy (non-hydrogen) atoms. The summed E-state index contributed by atoms with van der Waals surface area (Å²) >= 11 is 0. The first-order valence-corrected chi connectivity index (χ1v) is 8.00. The number of nitrogens with zero attached hydrogens (tertiary/aromatic N) is 1. The summed E-state index contributed by atoms with van der Waals surface area (Å²) in [4.78, 5) is 15.9. The normalized spacial score (nSPS) is 20.7. The standard InChI is InChI=1S/C17H27N3O3/c1-16(2,3)23-15(21)20-14-7-6-13(11-18-14)19-12-8-9-22-17(4,5)10-12/h6-7,11-12,19H,8-10H2,1-5H3,(H,18,20,21). The summed E-state index contributed by atoms with van der Waals surface area (Å²) in [7, 11) is 0. The smallest absolute Gasteiger partial charge is 0.413 e. The molecule has 1 amide bonds. The average molecular weight is 321 g/mol. The second-order valence-corrected chi connectivity index (χ2v) is 7.50. The van der Waals surface area contributed by atoms with Gasteiger partial charge in [-0.05, 0) is 59.6 Å². The third kappa shape index (κ3) is 6.06. The number of hydrogen-bond donors (Lipinski definition) is 2. The topological polar surface area (TPSA) is 72.5 Å². The van der Waals surface area contributed by atoms with Crippen molar-refractivity contribution in [3.63, 3.8) is 0 Å². The van der Waals surface area contributed by atoms with E-state index in [-0.39, 0.29) is 5.60 Å². The second-order valence-electron chi connectivity index (χ2n) is 7.50. The molecule has 2 rings (SSSR count). The largest absolute Gasteiger partial charge is 0.444 e. The van der Waals surface area contributed by atoms with Gasteiger partial charge in [0.05, 0.1) is 17.5 Å². The SMILES string of the molecule is CC(C)(C)OC(=O)Nc1ccc(NC2CCOC(C)(C)C2)cn1. The number of carbonyl (C=O) groups excluding carboxylic acids is 1. The zero-order valence-electron chi connectivity index (χ0n) is 14.6. The van der Waals surface area contributed by atoms with E-state index in [0.717, 1.165) is 25.1 Å². The molecule has 0 aliphatic carbocycles. The molecule has 0 aromatic carbocycles. The van der Waals surface area contributed by atoms with Gasteiger partial charge >= 0.3 is 6.09 Å². The van der Waals surface area contributed by atoms with E-state index in [1.54, 1.807) is 12.3 Å². The zero-order chi connectivity index (χ0) is 17.1. The van der Waals surface area contributed by atoms with E-state index in [0.29, 0.717) is 11.9 Å². The van der Waals surface area contributed by atoms with E-state index in [1.807, 2.05) is 26.8 Å². The molecule has 1 saturated heterocycles. The van der Waals surface area contributed by atoms with Gasteiger partial charge in [0.15, 0.2) is 0 Å². The molecule has 1 aromatic rings. The maximum absolute atomic E-state index is 11.7. The fourth-order valence-corrected chi connectivity index (χ4v) is 2.55. The Bertz CT molecular complexity index is 535. The van der Waals surface area contributed by atoms with Crippen molar-refractivity contribution in [2.45, 2.75) is 64.7 Å². The highest BCUT2D eigenvalue weighted by Crippen LogP contribution is 2.26. The number of aromatic nitrogens is 1. The van der Waals surface area contributed by atoms with E-state index < -0.39 is 11.7 Å². The quantitative estimate of drug-likeness (QED) is 0.886.